The molecule has 0 bridgehead atoms. The molecule has 32 heavy (non-hydrogen) atoms. The van der Waals surface area contributed by atoms with Crippen LogP contribution in [0.2, 0.25) is 5.15 Å². The molecule has 12 heteroatoms. The third-order valence-corrected chi connectivity index (χ3v) is 4.48. The fourth-order valence-electron chi connectivity index (χ4n) is 2.81. The van der Waals surface area contributed by atoms with Gasteiger partial charge in [0.1, 0.15) is 11.0 Å². The molecular formula is C20H21ClF3N7O. The number of carbonyl (C=O) groups excluding carboxylic acids is 1. The van der Waals surface area contributed by atoms with E-state index in [1.54, 1.807) is 30.5 Å². The number of hydrogen-bond acceptors (Lipinski definition) is 6. The van der Waals surface area contributed by atoms with Crippen molar-refractivity contribution < 1.29 is 18.0 Å². The molecule has 0 aliphatic rings. The molecule has 0 aliphatic carbocycles. The highest BCUT2D eigenvalue weighted by molar-refractivity contribution is 6.30. The Morgan fingerprint density at radius 2 is 1.88 bits per heavy atom. The van der Waals surface area contributed by atoms with E-state index in [0.717, 1.165) is 23.4 Å². The summed E-state index contributed by atoms with van der Waals surface area (Å²) in [7, 11) is 3.79. The number of alkyl halides is 3. The molecule has 8 nitrogen and oxygen atoms in total. The van der Waals surface area contributed by atoms with E-state index in [4.69, 9.17) is 11.6 Å². The van der Waals surface area contributed by atoms with Crippen LogP contribution in [0, 0.1) is 0 Å². The van der Waals surface area contributed by atoms with Crippen LogP contribution in [0.4, 0.5) is 35.4 Å². The third kappa shape index (κ3) is 6.66. The minimum atomic E-state index is -4.69. The van der Waals surface area contributed by atoms with Crippen LogP contribution < -0.4 is 16.0 Å². The Bertz CT molecular complexity index is 1110. The summed E-state index contributed by atoms with van der Waals surface area (Å²) in [5.41, 5.74) is -0.753. The van der Waals surface area contributed by atoms with Gasteiger partial charge in [-0.1, -0.05) is 17.7 Å². The van der Waals surface area contributed by atoms with E-state index in [0.29, 0.717) is 23.8 Å². The van der Waals surface area contributed by atoms with Crippen LogP contribution >= 0.6 is 11.6 Å². The molecule has 2 amide bonds. The van der Waals surface area contributed by atoms with Gasteiger partial charge in [0.25, 0.3) is 0 Å². The number of fused-ring (bicyclic) bond motifs is 1. The lowest BCUT2D eigenvalue weighted by Gasteiger charge is -2.14. The fourth-order valence-corrected chi connectivity index (χ4v) is 2.97. The van der Waals surface area contributed by atoms with Crippen LogP contribution in [-0.4, -0.2) is 53.1 Å². The number of nitrogens with zero attached hydrogens (tertiary/aromatic N) is 4. The zero-order valence-electron chi connectivity index (χ0n) is 17.3. The zero-order chi connectivity index (χ0) is 23.3. The van der Waals surface area contributed by atoms with Gasteiger partial charge in [-0.05, 0) is 50.6 Å². The predicted molar refractivity (Wildman–Crippen MR) is 118 cm³/mol. The lowest BCUT2D eigenvalue weighted by atomic mass is 10.1. The first kappa shape index (κ1) is 23.5. The van der Waals surface area contributed by atoms with Gasteiger partial charge in [0.05, 0.1) is 0 Å². The lowest BCUT2D eigenvalue weighted by Crippen LogP contribution is -2.23. The van der Waals surface area contributed by atoms with Gasteiger partial charge in [-0.2, -0.15) is 18.2 Å². The Morgan fingerprint density at radius 3 is 2.59 bits per heavy atom. The highest BCUT2D eigenvalue weighted by Gasteiger charge is 2.34. The highest BCUT2D eigenvalue weighted by atomic mass is 35.5. The average Bonchev–Trinajstić information content (AvgIpc) is 2.70. The second-order valence-corrected chi connectivity index (χ2v) is 7.58. The van der Waals surface area contributed by atoms with E-state index < -0.39 is 23.8 Å². The van der Waals surface area contributed by atoms with Gasteiger partial charge >= 0.3 is 12.2 Å². The third-order valence-electron chi connectivity index (χ3n) is 4.28. The van der Waals surface area contributed by atoms with Crippen molar-refractivity contribution >= 4 is 45.9 Å². The van der Waals surface area contributed by atoms with Crippen molar-refractivity contribution in [2.75, 3.05) is 43.1 Å². The number of urea groups is 1. The highest BCUT2D eigenvalue weighted by Crippen LogP contribution is 2.29. The number of anilines is 3. The molecule has 3 rings (SSSR count). The molecule has 0 saturated carbocycles. The van der Waals surface area contributed by atoms with Crippen molar-refractivity contribution in [1.29, 1.82) is 0 Å². The van der Waals surface area contributed by atoms with Gasteiger partial charge in [0.2, 0.25) is 5.95 Å². The van der Waals surface area contributed by atoms with E-state index in [2.05, 4.69) is 30.9 Å². The maximum atomic E-state index is 13.2. The molecule has 3 aromatic rings. The lowest BCUT2D eigenvalue weighted by molar-refractivity contribution is -0.141. The van der Waals surface area contributed by atoms with Crippen LogP contribution in [0.3, 0.4) is 0 Å². The maximum absolute atomic E-state index is 13.2. The first-order valence-corrected chi connectivity index (χ1v) is 9.96. The number of pyridine rings is 1. The molecule has 0 spiro atoms. The molecule has 1 aromatic carbocycles. The molecular weight excluding hydrogens is 447 g/mol. The number of nitrogens with one attached hydrogen (secondary N) is 3. The normalized spacial score (nSPS) is 11.6. The summed E-state index contributed by atoms with van der Waals surface area (Å²) in [6, 6.07) is 6.66. The van der Waals surface area contributed by atoms with Crippen LogP contribution in [-0.2, 0) is 6.18 Å². The maximum Gasteiger partial charge on any atom is 0.433 e. The Hall–Kier alpha value is -3.18. The topological polar surface area (TPSA) is 95.1 Å². The molecule has 2 aromatic heterocycles. The van der Waals surface area contributed by atoms with E-state index in [1.807, 2.05) is 19.0 Å². The average molecular weight is 468 g/mol. The minimum absolute atomic E-state index is 0.0331. The van der Waals surface area contributed by atoms with Gasteiger partial charge in [-0.15, -0.1) is 0 Å². The standard InChI is InChI=1S/C20H21ClF3N7O/c1-31(2)7-3-6-25-17-10-15(20(22,23)24)28-18(29-17)30-19(32)27-14-5-4-12-11-26-16(21)9-13(12)8-14/h4-5,8-11H,3,6-7H2,1-2H3,(H3,25,27,28,29,30,32). The summed E-state index contributed by atoms with van der Waals surface area (Å²) < 4.78 is 39.7. The van der Waals surface area contributed by atoms with Crippen molar-refractivity contribution in [3.05, 3.63) is 47.4 Å². The van der Waals surface area contributed by atoms with Crippen LogP contribution in [0.25, 0.3) is 10.8 Å². The number of benzene rings is 1. The Labute approximate surface area is 187 Å². The van der Waals surface area contributed by atoms with Crippen molar-refractivity contribution in [2.24, 2.45) is 0 Å². The Balaban J connectivity index is 1.73. The molecule has 0 aliphatic heterocycles. The molecule has 0 atom stereocenters. The number of aromatic nitrogens is 3. The minimum Gasteiger partial charge on any atom is -0.370 e. The number of hydrogen-bond donors (Lipinski definition) is 3. The quantitative estimate of drug-likeness (QED) is 0.344. The molecule has 0 fully saturated rings. The molecule has 0 radical (unpaired) electrons. The summed E-state index contributed by atoms with van der Waals surface area (Å²) in [6.07, 6.45) is -2.41. The summed E-state index contributed by atoms with van der Waals surface area (Å²) in [4.78, 5) is 25.7. The summed E-state index contributed by atoms with van der Waals surface area (Å²) in [5, 5.41) is 9.47. The largest absolute Gasteiger partial charge is 0.433 e. The van der Waals surface area contributed by atoms with E-state index in [9.17, 15) is 18.0 Å². The fraction of sp³-hybridized carbons (Fsp3) is 0.300. The number of rotatable bonds is 7. The Kier molecular flexibility index (Phi) is 7.31. The number of carbonyl (C=O) groups is 1. The monoisotopic (exact) mass is 467 g/mol. The van der Waals surface area contributed by atoms with Gasteiger partial charge in [-0.3, -0.25) is 5.32 Å². The van der Waals surface area contributed by atoms with E-state index in [1.165, 1.54) is 0 Å². The van der Waals surface area contributed by atoms with Crippen LogP contribution in [0.15, 0.2) is 36.5 Å². The van der Waals surface area contributed by atoms with E-state index >= 15 is 0 Å². The molecule has 170 valence electrons. The van der Waals surface area contributed by atoms with Gasteiger partial charge in [-0.25, -0.2) is 14.8 Å². The van der Waals surface area contributed by atoms with Crippen molar-refractivity contribution in [3.63, 3.8) is 0 Å². The van der Waals surface area contributed by atoms with Gasteiger partial charge < -0.3 is 15.5 Å². The first-order valence-electron chi connectivity index (χ1n) is 9.58. The SMILES string of the molecule is CN(C)CCCNc1cc(C(F)(F)F)nc(NC(=O)Nc2ccc3cnc(Cl)cc3c2)n1. The van der Waals surface area contributed by atoms with Crippen LogP contribution in [0.5, 0.6) is 0 Å². The zero-order valence-corrected chi connectivity index (χ0v) is 18.1. The van der Waals surface area contributed by atoms with Gasteiger partial charge in [0.15, 0.2) is 5.69 Å². The second kappa shape index (κ2) is 9.96. The summed E-state index contributed by atoms with van der Waals surface area (Å²) in [5.74, 6) is -0.505. The Morgan fingerprint density at radius 1 is 1.09 bits per heavy atom. The molecule has 3 N–H and O–H groups in total. The first-order chi connectivity index (χ1) is 15.1. The number of amides is 2. The predicted octanol–water partition coefficient (Wildman–Crippen LogP) is 4.70. The smallest absolute Gasteiger partial charge is 0.370 e. The van der Waals surface area contributed by atoms with Crippen molar-refractivity contribution in [3.8, 4) is 0 Å². The van der Waals surface area contributed by atoms with Crippen molar-refractivity contribution in [2.45, 2.75) is 12.6 Å². The molecule has 2 heterocycles. The molecule has 0 saturated heterocycles. The number of halogens is 4. The summed E-state index contributed by atoms with van der Waals surface area (Å²) >= 11 is 5.88. The van der Waals surface area contributed by atoms with Gasteiger partial charge in [0, 0.05) is 29.9 Å². The van der Waals surface area contributed by atoms with Crippen LogP contribution in [0.1, 0.15) is 12.1 Å². The second-order valence-electron chi connectivity index (χ2n) is 7.19. The van der Waals surface area contributed by atoms with Crippen molar-refractivity contribution in [1.82, 2.24) is 19.9 Å². The molecule has 0 unspecified atom stereocenters. The van der Waals surface area contributed by atoms with E-state index in [-0.39, 0.29) is 5.82 Å². The summed E-state index contributed by atoms with van der Waals surface area (Å²) in [6.45, 7) is 1.16.